The van der Waals surface area contributed by atoms with E-state index in [-0.39, 0.29) is 0 Å². The number of pyridine rings is 1. The van der Waals surface area contributed by atoms with Crippen LogP contribution < -0.4 is 4.90 Å². The molecular weight excluding hydrogens is 268 g/mol. The molecule has 90 valence electrons. The van der Waals surface area contributed by atoms with Gasteiger partial charge in [0.05, 0.1) is 5.60 Å². The second-order valence-corrected chi connectivity index (χ2v) is 5.54. The van der Waals surface area contributed by atoms with Gasteiger partial charge in [-0.1, -0.05) is 0 Å². The van der Waals surface area contributed by atoms with E-state index >= 15 is 0 Å². The summed E-state index contributed by atoms with van der Waals surface area (Å²) in [6.45, 7) is 9.13. The van der Waals surface area contributed by atoms with Crippen molar-refractivity contribution in [1.82, 2.24) is 4.98 Å². The van der Waals surface area contributed by atoms with Crippen LogP contribution in [0.2, 0.25) is 0 Å². The fourth-order valence-corrected chi connectivity index (χ4v) is 2.11. The van der Waals surface area contributed by atoms with Gasteiger partial charge in [0.1, 0.15) is 5.82 Å². The topological polar surface area (TPSA) is 36.4 Å². The van der Waals surface area contributed by atoms with Gasteiger partial charge >= 0.3 is 0 Å². The average Bonchev–Trinajstić information content (AvgIpc) is 2.13. The number of hydrogen-bond acceptors (Lipinski definition) is 3. The minimum atomic E-state index is -0.711. The fourth-order valence-electron chi connectivity index (χ4n) is 1.67. The molecule has 3 nitrogen and oxygen atoms in total. The van der Waals surface area contributed by atoms with Gasteiger partial charge < -0.3 is 10.0 Å². The Morgan fingerprint density at radius 2 is 2.12 bits per heavy atom. The van der Waals surface area contributed by atoms with Crippen molar-refractivity contribution in [2.24, 2.45) is 0 Å². The van der Waals surface area contributed by atoms with Gasteiger partial charge in [-0.2, -0.15) is 0 Å². The number of halogens is 1. The average molecular weight is 287 g/mol. The summed E-state index contributed by atoms with van der Waals surface area (Å²) in [6, 6.07) is 2.04. The largest absolute Gasteiger partial charge is 0.389 e. The third-order valence-electron chi connectivity index (χ3n) is 2.28. The van der Waals surface area contributed by atoms with Gasteiger partial charge in [-0.3, -0.25) is 0 Å². The molecule has 16 heavy (non-hydrogen) atoms. The minimum Gasteiger partial charge on any atom is -0.389 e. The highest BCUT2D eigenvalue weighted by Crippen LogP contribution is 2.22. The van der Waals surface area contributed by atoms with Crippen LogP contribution in [0.15, 0.2) is 16.7 Å². The van der Waals surface area contributed by atoms with Gasteiger partial charge in [0.15, 0.2) is 0 Å². The molecule has 0 spiro atoms. The van der Waals surface area contributed by atoms with Crippen molar-refractivity contribution in [3.63, 3.8) is 0 Å². The predicted octanol–water partition coefficient (Wildman–Crippen LogP) is 2.75. The Hall–Kier alpha value is -0.610. The third kappa shape index (κ3) is 3.76. The Labute approximate surface area is 106 Å². The number of anilines is 1. The van der Waals surface area contributed by atoms with Gasteiger partial charge in [-0.25, -0.2) is 4.98 Å². The molecule has 0 atom stereocenters. The second kappa shape index (κ2) is 5.15. The normalized spacial score (nSPS) is 11.6. The molecule has 0 aliphatic carbocycles. The summed E-state index contributed by atoms with van der Waals surface area (Å²) in [7, 11) is 0. The second-order valence-electron chi connectivity index (χ2n) is 4.62. The Kier molecular flexibility index (Phi) is 4.33. The quantitative estimate of drug-likeness (QED) is 0.925. The van der Waals surface area contributed by atoms with E-state index in [9.17, 15) is 5.11 Å². The Balaban J connectivity index is 2.95. The monoisotopic (exact) mass is 286 g/mol. The van der Waals surface area contributed by atoms with Crippen LogP contribution in [0.4, 0.5) is 5.82 Å². The van der Waals surface area contributed by atoms with Crippen LogP contribution in [0.3, 0.4) is 0 Å². The highest BCUT2D eigenvalue weighted by atomic mass is 79.9. The molecule has 1 heterocycles. The fraction of sp³-hybridized carbons (Fsp3) is 0.583. The Morgan fingerprint density at radius 1 is 1.50 bits per heavy atom. The van der Waals surface area contributed by atoms with Crippen molar-refractivity contribution in [2.75, 3.05) is 18.0 Å². The molecule has 0 unspecified atom stereocenters. The first-order valence-corrected chi connectivity index (χ1v) is 6.22. The van der Waals surface area contributed by atoms with E-state index in [1.54, 1.807) is 6.20 Å². The first-order chi connectivity index (χ1) is 7.33. The molecule has 4 heteroatoms. The maximum absolute atomic E-state index is 9.85. The zero-order valence-corrected chi connectivity index (χ0v) is 11.9. The summed E-state index contributed by atoms with van der Waals surface area (Å²) in [5.41, 5.74) is 0.400. The lowest BCUT2D eigenvalue weighted by molar-refractivity contribution is 0.0874. The van der Waals surface area contributed by atoms with E-state index < -0.39 is 5.60 Å². The van der Waals surface area contributed by atoms with E-state index in [1.807, 2.05) is 26.8 Å². The van der Waals surface area contributed by atoms with Crippen LogP contribution in [0.5, 0.6) is 0 Å². The van der Waals surface area contributed by atoms with E-state index in [0.717, 1.165) is 22.4 Å². The highest BCUT2D eigenvalue weighted by molar-refractivity contribution is 9.10. The SMILES string of the molecule is CCN(CC(C)(C)O)c1ncc(Br)cc1C. The standard InChI is InChI=1S/C12H19BrN2O/c1-5-15(8-12(3,4)16)11-9(2)6-10(13)7-14-11/h6-7,16H,5,8H2,1-4H3. The summed E-state index contributed by atoms with van der Waals surface area (Å²) in [5.74, 6) is 0.938. The molecule has 0 bridgehead atoms. The van der Waals surface area contributed by atoms with Gasteiger partial charge in [-0.15, -0.1) is 0 Å². The van der Waals surface area contributed by atoms with E-state index in [4.69, 9.17) is 0 Å². The smallest absolute Gasteiger partial charge is 0.131 e. The maximum Gasteiger partial charge on any atom is 0.131 e. The number of aromatic nitrogens is 1. The van der Waals surface area contributed by atoms with E-state index in [2.05, 4.69) is 32.7 Å². The van der Waals surface area contributed by atoms with Crippen LogP contribution in [0, 0.1) is 6.92 Å². The van der Waals surface area contributed by atoms with Gasteiger partial charge in [-0.05, 0) is 55.3 Å². The molecule has 0 aliphatic rings. The Bertz CT molecular complexity index is 361. The van der Waals surface area contributed by atoms with Gasteiger partial charge in [0, 0.05) is 23.8 Å². The zero-order valence-electron chi connectivity index (χ0n) is 10.3. The van der Waals surface area contributed by atoms with Crippen LogP contribution in [-0.2, 0) is 0 Å². The Morgan fingerprint density at radius 3 is 2.56 bits per heavy atom. The summed E-state index contributed by atoms with van der Waals surface area (Å²) >= 11 is 3.40. The number of aryl methyl sites for hydroxylation is 1. The molecule has 1 aromatic heterocycles. The van der Waals surface area contributed by atoms with Crippen LogP contribution >= 0.6 is 15.9 Å². The van der Waals surface area contributed by atoms with Crippen molar-refractivity contribution in [3.8, 4) is 0 Å². The third-order valence-corrected chi connectivity index (χ3v) is 2.71. The van der Waals surface area contributed by atoms with Crippen molar-refractivity contribution < 1.29 is 5.11 Å². The molecule has 1 N–H and O–H groups in total. The number of rotatable bonds is 4. The lowest BCUT2D eigenvalue weighted by atomic mass is 10.1. The van der Waals surface area contributed by atoms with Gasteiger partial charge in [0.25, 0.3) is 0 Å². The number of likely N-dealkylation sites (N-methyl/N-ethyl adjacent to an activating group) is 1. The first kappa shape index (κ1) is 13.5. The summed E-state index contributed by atoms with van der Waals surface area (Å²) < 4.78 is 0.980. The van der Waals surface area contributed by atoms with E-state index in [0.29, 0.717) is 6.54 Å². The highest BCUT2D eigenvalue weighted by Gasteiger charge is 2.19. The van der Waals surface area contributed by atoms with E-state index in [1.165, 1.54) is 0 Å². The molecule has 1 rings (SSSR count). The molecule has 0 aromatic carbocycles. The molecule has 0 amide bonds. The summed E-state index contributed by atoms with van der Waals surface area (Å²) in [6.07, 6.45) is 1.79. The van der Waals surface area contributed by atoms with Gasteiger partial charge in [0.2, 0.25) is 0 Å². The molecule has 0 radical (unpaired) electrons. The molecule has 0 fully saturated rings. The van der Waals surface area contributed by atoms with Crippen LogP contribution in [0.1, 0.15) is 26.3 Å². The zero-order chi connectivity index (χ0) is 12.3. The number of nitrogens with zero attached hydrogens (tertiary/aromatic N) is 2. The number of hydrogen-bond donors (Lipinski definition) is 1. The van der Waals surface area contributed by atoms with Crippen molar-refractivity contribution in [2.45, 2.75) is 33.3 Å². The maximum atomic E-state index is 9.85. The minimum absolute atomic E-state index is 0.582. The molecule has 0 saturated carbocycles. The van der Waals surface area contributed by atoms with Crippen LogP contribution in [-0.4, -0.2) is 28.8 Å². The van der Waals surface area contributed by atoms with Crippen LogP contribution in [0.25, 0.3) is 0 Å². The molecule has 0 aliphatic heterocycles. The molecule has 1 aromatic rings. The van der Waals surface area contributed by atoms with Crippen molar-refractivity contribution >= 4 is 21.7 Å². The van der Waals surface area contributed by atoms with Crippen molar-refractivity contribution in [1.29, 1.82) is 0 Å². The summed E-state index contributed by atoms with van der Waals surface area (Å²) in [4.78, 5) is 6.49. The first-order valence-electron chi connectivity index (χ1n) is 5.43. The number of aliphatic hydroxyl groups is 1. The molecular formula is C12H19BrN2O. The summed E-state index contributed by atoms with van der Waals surface area (Å²) in [5, 5.41) is 9.85. The lowest BCUT2D eigenvalue weighted by Gasteiger charge is -2.30. The molecule has 0 saturated heterocycles. The van der Waals surface area contributed by atoms with Crippen molar-refractivity contribution in [3.05, 3.63) is 22.3 Å². The lowest BCUT2D eigenvalue weighted by Crippen LogP contribution is -2.39. The predicted molar refractivity (Wildman–Crippen MR) is 70.9 cm³/mol.